The number of H-pyrrole nitrogens is 2. The second-order valence-electron chi connectivity index (χ2n) is 4.46. The molecule has 0 spiro atoms. The predicted molar refractivity (Wildman–Crippen MR) is 65.6 cm³/mol. The van der Waals surface area contributed by atoms with Gasteiger partial charge in [-0.3, -0.25) is 14.6 Å². The summed E-state index contributed by atoms with van der Waals surface area (Å²) in [6.45, 7) is 0.414. The normalized spacial score (nSPS) is 17.4. The topological polar surface area (TPSA) is 141 Å². The van der Waals surface area contributed by atoms with E-state index in [0.717, 1.165) is 6.07 Å². The van der Waals surface area contributed by atoms with Gasteiger partial charge in [0.05, 0.1) is 0 Å². The van der Waals surface area contributed by atoms with Crippen LogP contribution in [0, 0.1) is 0 Å². The number of ether oxygens (including phenoxy) is 1. The second kappa shape index (κ2) is 5.29. The Morgan fingerprint density at radius 1 is 1.25 bits per heavy atom. The molecule has 9 nitrogen and oxygen atoms in total. The van der Waals surface area contributed by atoms with Gasteiger partial charge in [-0.05, 0) is 0 Å². The Hall–Kier alpha value is -2.42. The van der Waals surface area contributed by atoms with Gasteiger partial charge in [-0.15, -0.1) is 0 Å². The fraction of sp³-hybridized carbons (Fsp3) is 0.455. The van der Waals surface area contributed by atoms with Crippen LogP contribution in [-0.4, -0.2) is 45.7 Å². The van der Waals surface area contributed by atoms with Crippen molar-refractivity contribution in [1.82, 2.24) is 15.3 Å². The van der Waals surface area contributed by atoms with E-state index in [9.17, 15) is 24.3 Å². The van der Waals surface area contributed by atoms with Crippen molar-refractivity contribution in [2.24, 2.45) is 0 Å². The highest BCUT2D eigenvalue weighted by Crippen LogP contribution is 2.21. The lowest BCUT2D eigenvalue weighted by Gasteiger charge is -2.33. The van der Waals surface area contributed by atoms with E-state index in [0.29, 0.717) is 0 Å². The molecule has 0 bridgehead atoms. The first-order valence-electron chi connectivity index (χ1n) is 5.90. The van der Waals surface area contributed by atoms with Crippen molar-refractivity contribution in [3.63, 3.8) is 0 Å². The van der Waals surface area contributed by atoms with Crippen LogP contribution in [0.5, 0.6) is 0 Å². The maximum absolute atomic E-state index is 12.0. The van der Waals surface area contributed by atoms with Gasteiger partial charge in [0.15, 0.2) is 0 Å². The van der Waals surface area contributed by atoms with Crippen molar-refractivity contribution in [3.8, 4) is 0 Å². The summed E-state index contributed by atoms with van der Waals surface area (Å²) in [5, 5.41) is 11.6. The third-order valence-electron chi connectivity index (χ3n) is 3.11. The fourth-order valence-corrected chi connectivity index (χ4v) is 1.99. The van der Waals surface area contributed by atoms with Crippen molar-refractivity contribution in [2.75, 3.05) is 13.2 Å². The van der Waals surface area contributed by atoms with Crippen LogP contribution >= 0.6 is 0 Å². The zero-order chi connectivity index (χ0) is 14.8. The molecule has 1 aromatic heterocycles. The minimum Gasteiger partial charge on any atom is -0.480 e. The molecule has 0 unspecified atom stereocenters. The van der Waals surface area contributed by atoms with Gasteiger partial charge < -0.3 is 20.1 Å². The number of amides is 1. The van der Waals surface area contributed by atoms with Crippen molar-refractivity contribution >= 4 is 11.9 Å². The van der Waals surface area contributed by atoms with E-state index in [-0.39, 0.29) is 31.7 Å². The molecular formula is C11H13N3O6. The number of hydrogen-bond donors (Lipinski definition) is 4. The van der Waals surface area contributed by atoms with Crippen LogP contribution in [0.2, 0.25) is 0 Å². The van der Waals surface area contributed by atoms with E-state index in [1.165, 1.54) is 0 Å². The van der Waals surface area contributed by atoms with Crippen LogP contribution in [0.1, 0.15) is 23.3 Å². The van der Waals surface area contributed by atoms with E-state index < -0.39 is 28.7 Å². The molecule has 1 fully saturated rings. The van der Waals surface area contributed by atoms with Crippen LogP contribution < -0.4 is 16.6 Å². The number of rotatable bonds is 3. The average molecular weight is 283 g/mol. The standard InChI is InChI=1S/C11H13N3O6/c15-7-5-6(12-10(19)13-7)8(16)14-11(9(17)18)1-3-20-4-2-11/h5H,1-4H2,(H,14,16)(H,17,18)(H2,12,13,15,19). The lowest BCUT2D eigenvalue weighted by molar-refractivity contribution is -0.148. The van der Waals surface area contributed by atoms with Crippen molar-refractivity contribution in [3.05, 3.63) is 32.6 Å². The number of aromatic amines is 2. The second-order valence-corrected chi connectivity index (χ2v) is 4.46. The Balaban J connectivity index is 2.26. The number of nitrogens with one attached hydrogen (secondary N) is 3. The Kier molecular flexibility index (Phi) is 3.70. The van der Waals surface area contributed by atoms with Gasteiger partial charge >= 0.3 is 11.7 Å². The molecular weight excluding hydrogens is 270 g/mol. The highest BCUT2D eigenvalue weighted by Gasteiger charge is 2.41. The number of aromatic nitrogens is 2. The molecule has 4 N–H and O–H groups in total. The van der Waals surface area contributed by atoms with E-state index >= 15 is 0 Å². The molecule has 0 aliphatic carbocycles. The molecule has 9 heteroatoms. The Labute approximate surface area is 112 Å². The molecule has 0 aromatic carbocycles. The van der Waals surface area contributed by atoms with Gasteiger partial charge in [-0.1, -0.05) is 0 Å². The summed E-state index contributed by atoms with van der Waals surface area (Å²) < 4.78 is 5.07. The molecule has 0 saturated carbocycles. The summed E-state index contributed by atoms with van der Waals surface area (Å²) in [4.78, 5) is 49.6. The number of carbonyl (C=O) groups excluding carboxylic acids is 1. The summed E-state index contributed by atoms with van der Waals surface area (Å²) in [5.41, 5.74) is -3.31. The summed E-state index contributed by atoms with van der Waals surface area (Å²) in [7, 11) is 0. The molecule has 1 aliphatic rings. The third kappa shape index (κ3) is 2.77. The van der Waals surface area contributed by atoms with Gasteiger partial charge in [0.1, 0.15) is 11.2 Å². The summed E-state index contributed by atoms with van der Waals surface area (Å²) in [5.74, 6) is -2.00. The monoisotopic (exact) mass is 283 g/mol. The van der Waals surface area contributed by atoms with Gasteiger partial charge in [0.25, 0.3) is 11.5 Å². The largest absolute Gasteiger partial charge is 0.480 e. The van der Waals surface area contributed by atoms with Gasteiger partial charge in [-0.2, -0.15) is 0 Å². The van der Waals surface area contributed by atoms with Crippen LogP contribution in [0.15, 0.2) is 15.7 Å². The molecule has 2 rings (SSSR count). The van der Waals surface area contributed by atoms with Gasteiger partial charge in [-0.25, -0.2) is 9.59 Å². The van der Waals surface area contributed by atoms with E-state index in [2.05, 4.69) is 10.3 Å². The molecule has 108 valence electrons. The lowest BCUT2D eigenvalue weighted by Crippen LogP contribution is -2.57. The Morgan fingerprint density at radius 2 is 1.90 bits per heavy atom. The smallest absolute Gasteiger partial charge is 0.329 e. The maximum Gasteiger partial charge on any atom is 0.329 e. The minimum absolute atomic E-state index is 0.113. The SMILES string of the molecule is O=C(NC1(C(=O)O)CCOCC1)c1cc(=O)[nH]c(=O)[nH]1. The van der Waals surface area contributed by atoms with Gasteiger partial charge in [0.2, 0.25) is 0 Å². The molecule has 1 saturated heterocycles. The maximum atomic E-state index is 12.0. The molecule has 0 radical (unpaired) electrons. The van der Waals surface area contributed by atoms with Crippen LogP contribution in [0.25, 0.3) is 0 Å². The summed E-state index contributed by atoms with van der Waals surface area (Å²) in [6, 6.07) is 0.894. The van der Waals surface area contributed by atoms with Crippen molar-refractivity contribution < 1.29 is 19.4 Å². The fourth-order valence-electron chi connectivity index (χ4n) is 1.99. The minimum atomic E-state index is -1.45. The first kappa shape index (κ1) is 14.0. The first-order valence-corrected chi connectivity index (χ1v) is 5.90. The van der Waals surface area contributed by atoms with E-state index in [4.69, 9.17) is 4.74 Å². The first-order chi connectivity index (χ1) is 9.43. The Bertz CT molecular complexity index is 612. The molecule has 1 amide bonds. The van der Waals surface area contributed by atoms with Crippen LogP contribution in [0.4, 0.5) is 0 Å². The zero-order valence-electron chi connectivity index (χ0n) is 10.4. The van der Waals surface area contributed by atoms with Crippen LogP contribution in [0.3, 0.4) is 0 Å². The molecule has 1 aliphatic heterocycles. The van der Waals surface area contributed by atoms with Crippen molar-refractivity contribution in [1.29, 1.82) is 0 Å². The lowest BCUT2D eigenvalue weighted by atomic mass is 9.90. The van der Waals surface area contributed by atoms with E-state index in [1.807, 2.05) is 4.98 Å². The zero-order valence-corrected chi connectivity index (χ0v) is 10.4. The summed E-state index contributed by atoms with van der Waals surface area (Å²) in [6.07, 6.45) is 0.225. The van der Waals surface area contributed by atoms with Crippen LogP contribution in [-0.2, 0) is 9.53 Å². The number of carboxylic acids is 1. The molecule has 20 heavy (non-hydrogen) atoms. The molecule has 1 aromatic rings. The number of carbonyl (C=O) groups is 2. The van der Waals surface area contributed by atoms with Crippen molar-refractivity contribution in [2.45, 2.75) is 18.4 Å². The number of carboxylic acid groups (broad SMARTS) is 1. The molecule has 2 heterocycles. The highest BCUT2D eigenvalue weighted by atomic mass is 16.5. The number of hydrogen-bond acceptors (Lipinski definition) is 5. The Morgan fingerprint density at radius 3 is 2.45 bits per heavy atom. The third-order valence-corrected chi connectivity index (χ3v) is 3.11. The highest BCUT2D eigenvalue weighted by molar-refractivity contribution is 5.96. The average Bonchev–Trinajstić information content (AvgIpc) is 2.38. The summed E-state index contributed by atoms with van der Waals surface area (Å²) >= 11 is 0. The predicted octanol–water partition coefficient (Wildman–Crippen LogP) is -1.57. The van der Waals surface area contributed by atoms with Gasteiger partial charge in [0, 0.05) is 32.1 Å². The molecule has 0 atom stereocenters. The number of aliphatic carboxylic acids is 1. The quantitative estimate of drug-likeness (QED) is 0.528. The van der Waals surface area contributed by atoms with E-state index in [1.54, 1.807) is 0 Å².